The second-order valence-electron chi connectivity index (χ2n) is 9.64. The number of carbonyl (C=O) groups is 2. The largest absolute Gasteiger partial charge is 0.495 e. The third-order valence-electron chi connectivity index (χ3n) is 6.86. The van der Waals surface area contributed by atoms with Crippen LogP contribution in [0.4, 0.5) is 0 Å². The van der Waals surface area contributed by atoms with E-state index in [-0.39, 0.29) is 47.9 Å². The van der Waals surface area contributed by atoms with E-state index in [2.05, 4.69) is 0 Å². The third kappa shape index (κ3) is 6.93. The maximum atomic E-state index is 13.6. The fraction of sp³-hybridized carbons (Fsp3) is 0.481. The molecule has 0 bridgehead atoms. The van der Waals surface area contributed by atoms with Crippen molar-refractivity contribution in [3.8, 4) is 23.0 Å². The first-order valence-electron chi connectivity index (χ1n) is 12.4. The minimum absolute atomic E-state index is 0.0109. The Labute approximate surface area is 241 Å². The van der Waals surface area contributed by atoms with Crippen molar-refractivity contribution in [1.29, 1.82) is 0 Å². The van der Waals surface area contributed by atoms with Crippen molar-refractivity contribution in [2.24, 2.45) is 0 Å². The number of esters is 1. The Balaban J connectivity index is 2.46. The van der Waals surface area contributed by atoms with Gasteiger partial charge in [-0.15, -0.1) is 0 Å². The molecule has 12 nitrogen and oxygen atoms in total. The molecular weight excluding hydrogens is 578 g/mol. The summed E-state index contributed by atoms with van der Waals surface area (Å²) in [5.41, 5.74) is 2.93. The van der Waals surface area contributed by atoms with Crippen LogP contribution >= 0.6 is 0 Å². The Hall–Kier alpha value is -3.36. The van der Waals surface area contributed by atoms with E-state index in [1.54, 1.807) is 41.5 Å². The van der Waals surface area contributed by atoms with Crippen LogP contribution in [0.25, 0.3) is 0 Å². The molecule has 0 amide bonds. The van der Waals surface area contributed by atoms with Crippen LogP contribution in [0.5, 0.6) is 23.0 Å². The number of benzene rings is 2. The molecule has 14 heteroatoms. The van der Waals surface area contributed by atoms with Gasteiger partial charge in [0, 0.05) is 17.7 Å². The Morgan fingerprint density at radius 3 is 1.59 bits per heavy atom. The predicted molar refractivity (Wildman–Crippen MR) is 153 cm³/mol. The summed E-state index contributed by atoms with van der Waals surface area (Å²) in [6.07, 6.45) is 1.71. The monoisotopic (exact) mass is 615 g/mol. The van der Waals surface area contributed by atoms with Crippen molar-refractivity contribution >= 4 is 32.0 Å². The lowest BCUT2D eigenvalue weighted by atomic mass is 9.96. The average molecular weight is 616 g/mol. The number of rotatable bonds is 12. The Kier molecular flexibility index (Phi) is 10.4. The van der Waals surface area contributed by atoms with Crippen LogP contribution < -0.4 is 18.9 Å². The minimum Gasteiger partial charge on any atom is -0.495 e. The number of carboxylic acids is 1. The van der Waals surface area contributed by atoms with E-state index < -0.39 is 32.0 Å². The smallest absolute Gasteiger partial charge is 0.347 e. The number of nitrogens with zero attached hydrogens (tertiary/aromatic N) is 1. The van der Waals surface area contributed by atoms with Gasteiger partial charge in [-0.2, -0.15) is 0 Å². The topological polar surface area (TPSA) is 163 Å². The quantitative estimate of drug-likeness (QED) is 0.211. The van der Waals surface area contributed by atoms with Crippen LogP contribution in [0, 0.1) is 41.5 Å². The molecule has 228 valence electrons. The fourth-order valence-corrected chi connectivity index (χ4v) is 7.56. The van der Waals surface area contributed by atoms with Crippen LogP contribution in [0.15, 0.2) is 0 Å². The van der Waals surface area contributed by atoms with Gasteiger partial charge in [-0.1, -0.05) is 3.71 Å². The molecule has 0 heterocycles. The van der Waals surface area contributed by atoms with Crippen molar-refractivity contribution in [3.63, 3.8) is 0 Å². The van der Waals surface area contributed by atoms with Crippen molar-refractivity contribution < 1.29 is 50.5 Å². The summed E-state index contributed by atoms with van der Waals surface area (Å²) in [4.78, 5) is 25.4. The normalized spacial score (nSPS) is 11.9. The van der Waals surface area contributed by atoms with Crippen LogP contribution in [-0.4, -0.2) is 77.5 Å². The first-order valence-corrected chi connectivity index (χ1v) is 16.1. The van der Waals surface area contributed by atoms with E-state index in [9.17, 15) is 31.5 Å². The first-order chi connectivity index (χ1) is 18.8. The van der Waals surface area contributed by atoms with Gasteiger partial charge < -0.3 is 24.1 Å². The second kappa shape index (κ2) is 12.7. The molecule has 0 aromatic heterocycles. The highest BCUT2D eigenvalue weighted by atomic mass is 32.3. The summed E-state index contributed by atoms with van der Waals surface area (Å²) in [6.45, 7) is 9.67. The zero-order valence-corrected chi connectivity index (χ0v) is 26.5. The second-order valence-corrected chi connectivity index (χ2v) is 13.7. The highest BCUT2D eigenvalue weighted by molar-refractivity contribution is 8.03. The van der Waals surface area contributed by atoms with Gasteiger partial charge in [0.25, 0.3) is 0 Å². The Morgan fingerprint density at radius 1 is 0.683 bits per heavy atom. The molecule has 0 atom stereocenters. The molecular formula is C27H37NO11S2. The van der Waals surface area contributed by atoms with Gasteiger partial charge in [0.05, 0.1) is 33.3 Å². The molecule has 0 unspecified atom stereocenters. The van der Waals surface area contributed by atoms with Crippen molar-refractivity contribution in [2.45, 2.75) is 48.0 Å². The summed E-state index contributed by atoms with van der Waals surface area (Å²) in [5, 5.41) is 9.67. The molecule has 0 aliphatic rings. The summed E-state index contributed by atoms with van der Waals surface area (Å²) >= 11 is 0. The van der Waals surface area contributed by atoms with Crippen LogP contribution in [0.1, 0.15) is 60.5 Å². The van der Waals surface area contributed by atoms with Crippen molar-refractivity contribution in [1.82, 2.24) is 3.71 Å². The van der Waals surface area contributed by atoms with Crippen molar-refractivity contribution in [2.75, 3.05) is 39.9 Å². The lowest BCUT2D eigenvalue weighted by molar-refractivity contribution is 0.0692. The molecule has 0 saturated heterocycles. The summed E-state index contributed by atoms with van der Waals surface area (Å²) in [6, 6.07) is 0. The standard InChI is InChI=1S/C27H37NO11S2/c1-14-17(4)23(19(6)24(36-7)20(14)26(29)30)39-27(31)21-15(2)16(3)22(18(5)25(21)37-8)38-13-11-12-28(40(9,32)33)41(10,34)35/h11-13H2,1-10H3,(H,29,30). The molecule has 0 fully saturated rings. The molecule has 0 aliphatic carbocycles. The highest BCUT2D eigenvalue weighted by Gasteiger charge is 2.30. The molecule has 0 saturated carbocycles. The summed E-state index contributed by atoms with van der Waals surface area (Å²) < 4.78 is 70.5. The number of carboxylic acid groups (broad SMARTS) is 1. The van der Waals surface area contributed by atoms with E-state index in [1.165, 1.54) is 14.2 Å². The number of hydrogen-bond acceptors (Lipinski definition) is 10. The summed E-state index contributed by atoms with van der Waals surface area (Å²) in [5.74, 6) is -1.03. The van der Waals surface area contributed by atoms with Gasteiger partial charge in [0.15, 0.2) is 0 Å². The fourth-order valence-electron chi connectivity index (χ4n) is 4.67. The van der Waals surface area contributed by atoms with Crippen LogP contribution in [0.2, 0.25) is 0 Å². The van der Waals surface area contributed by atoms with E-state index in [4.69, 9.17) is 18.9 Å². The number of hydrogen-bond donors (Lipinski definition) is 1. The molecule has 0 aliphatic heterocycles. The predicted octanol–water partition coefficient (Wildman–Crippen LogP) is 3.46. The lowest BCUT2D eigenvalue weighted by Crippen LogP contribution is -2.36. The minimum atomic E-state index is -3.98. The lowest BCUT2D eigenvalue weighted by Gasteiger charge is -2.23. The zero-order valence-electron chi connectivity index (χ0n) is 24.9. The number of carbonyl (C=O) groups excluding carboxylic acids is 1. The molecule has 1 N–H and O–H groups in total. The van der Waals surface area contributed by atoms with Gasteiger partial charge in [0.2, 0.25) is 20.0 Å². The van der Waals surface area contributed by atoms with Gasteiger partial charge in [-0.3, -0.25) is 0 Å². The SMILES string of the molecule is COc1c(C)c(OC(=O)c2c(C)c(C)c(OCCCN(S(C)(=O)=O)S(C)(=O)=O)c(C)c2OC)c(C)c(C)c1C(=O)O. The third-order valence-corrected chi connectivity index (χ3v) is 10.3. The van der Waals surface area contributed by atoms with Gasteiger partial charge >= 0.3 is 11.9 Å². The highest BCUT2D eigenvalue weighted by Crippen LogP contribution is 2.41. The average Bonchev–Trinajstić information content (AvgIpc) is 2.85. The van der Waals surface area contributed by atoms with E-state index >= 15 is 0 Å². The first kappa shape index (κ1) is 33.8. The number of aromatic carboxylic acids is 1. The Bertz CT molecular complexity index is 1560. The van der Waals surface area contributed by atoms with Gasteiger partial charge in [-0.05, 0) is 70.2 Å². The molecule has 0 radical (unpaired) electrons. The maximum Gasteiger partial charge on any atom is 0.347 e. The van der Waals surface area contributed by atoms with E-state index in [0.717, 1.165) is 12.5 Å². The van der Waals surface area contributed by atoms with Gasteiger partial charge in [0.1, 0.15) is 34.1 Å². The Morgan fingerprint density at radius 2 is 1.12 bits per heavy atom. The molecule has 2 aromatic carbocycles. The molecule has 2 rings (SSSR count). The van der Waals surface area contributed by atoms with Crippen LogP contribution in [0.3, 0.4) is 0 Å². The molecule has 2 aromatic rings. The number of ether oxygens (including phenoxy) is 4. The zero-order chi connectivity index (χ0) is 31.6. The van der Waals surface area contributed by atoms with E-state index in [0.29, 0.717) is 42.8 Å². The summed E-state index contributed by atoms with van der Waals surface area (Å²) in [7, 11) is -5.23. The van der Waals surface area contributed by atoms with Crippen molar-refractivity contribution in [3.05, 3.63) is 44.5 Å². The molecule has 41 heavy (non-hydrogen) atoms. The number of sulfonamides is 2. The van der Waals surface area contributed by atoms with Crippen LogP contribution in [-0.2, 0) is 20.0 Å². The maximum absolute atomic E-state index is 13.6. The van der Waals surface area contributed by atoms with Gasteiger partial charge in [-0.25, -0.2) is 26.4 Å². The van der Waals surface area contributed by atoms with E-state index in [1.807, 2.05) is 0 Å². The molecule has 0 spiro atoms. The number of methoxy groups -OCH3 is 2.